The van der Waals surface area contributed by atoms with E-state index in [1.54, 1.807) is 6.92 Å². The van der Waals surface area contributed by atoms with Crippen LogP contribution in [-0.4, -0.2) is 60.9 Å². The number of amides is 1. The van der Waals surface area contributed by atoms with Gasteiger partial charge in [0.1, 0.15) is 0 Å². The number of piperazine rings is 1. The van der Waals surface area contributed by atoms with Crippen molar-refractivity contribution in [1.82, 2.24) is 15.1 Å². The van der Waals surface area contributed by atoms with Crippen molar-refractivity contribution in [3.05, 3.63) is 34.3 Å². The molecule has 0 atom stereocenters. The fourth-order valence-corrected chi connectivity index (χ4v) is 4.24. The number of aliphatic imine (C=N–C) groups is 1. The van der Waals surface area contributed by atoms with Gasteiger partial charge >= 0.3 is 0 Å². The topological polar surface area (TPSA) is 47.9 Å². The number of carbonyl (C=O) groups is 1. The van der Waals surface area contributed by atoms with E-state index in [0.29, 0.717) is 0 Å². The minimum absolute atomic E-state index is 0.162. The van der Waals surface area contributed by atoms with Crippen LogP contribution in [-0.2, 0) is 10.2 Å². The summed E-state index contributed by atoms with van der Waals surface area (Å²) in [6.45, 7) is 8.66. The molecule has 0 radical (unpaired) electrons. The van der Waals surface area contributed by atoms with Crippen LogP contribution < -0.4 is 5.32 Å². The highest BCUT2D eigenvalue weighted by molar-refractivity contribution is 9.10. The maximum atomic E-state index is 11.5. The molecule has 0 bridgehead atoms. The quantitative estimate of drug-likeness (QED) is 0.601. The zero-order chi connectivity index (χ0) is 18.6. The summed E-state index contributed by atoms with van der Waals surface area (Å²) in [7, 11) is 0. The number of guanidine groups is 1. The number of hydrogen-bond donors (Lipinski definition) is 1. The summed E-state index contributed by atoms with van der Waals surface area (Å²) < 4.78 is 1.14. The zero-order valence-corrected chi connectivity index (χ0v) is 17.4. The fraction of sp³-hybridized carbons (Fsp3) is 0.600. The van der Waals surface area contributed by atoms with Crippen molar-refractivity contribution in [3.8, 4) is 0 Å². The van der Waals surface area contributed by atoms with Gasteiger partial charge in [0.25, 0.3) is 0 Å². The average Bonchev–Trinajstić information content (AvgIpc) is 2.60. The summed E-state index contributed by atoms with van der Waals surface area (Å²) >= 11 is 3.60. The van der Waals surface area contributed by atoms with Gasteiger partial charge in [-0.1, -0.05) is 34.5 Å². The number of rotatable bonds is 4. The molecule has 1 heterocycles. The van der Waals surface area contributed by atoms with Crippen molar-refractivity contribution >= 4 is 27.8 Å². The first-order chi connectivity index (χ1) is 12.5. The maximum absolute atomic E-state index is 11.5. The Balaban J connectivity index is 1.71. The molecule has 2 fully saturated rings. The Morgan fingerprint density at radius 2 is 1.92 bits per heavy atom. The van der Waals surface area contributed by atoms with E-state index in [1.807, 2.05) is 4.90 Å². The second kappa shape index (κ2) is 8.42. The Morgan fingerprint density at radius 1 is 1.23 bits per heavy atom. The standard InChI is InChI=1S/C20H29BrN4O/c1-3-22-19(25-12-10-24(11-13-25)16(2)26)23-15-20(8-5-9-20)17-6-4-7-18(21)14-17/h4,6-7,14H,3,5,8-13,15H2,1-2H3,(H,22,23). The van der Waals surface area contributed by atoms with Crippen LogP contribution in [0.1, 0.15) is 38.7 Å². The van der Waals surface area contributed by atoms with Gasteiger partial charge in [0.15, 0.2) is 5.96 Å². The molecule has 1 aromatic carbocycles. The van der Waals surface area contributed by atoms with Crippen molar-refractivity contribution in [2.45, 2.75) is 38.5 Å². The molecule has 1 aromatic rings. The Labute approximate surface area is 165 Å². The van der Waals surface area contributed by atoms with Gasteiger partial charge in [-0.15, -0.1) is 0 Å². The molecule has 1 N–H and O–H groups in total. The lowest BCUT2D eigenvalue weighted by atomic mass is 9.64. The number of halogens is 1. The third kappa shape index (κ3) is 4.22. The molecule has 1 saturated heterocycles. The molecule has 1 aliphatic carbocycles. The number of nitrogens with zero attached hydrogens (tertiary/aromatic N) is 3. The van der Waals surface area contributed by atoms with Crippen LogP contribution in [0.4, 0.5) is 0 Å². The number of carbonyl (C=O) groups excluding carboxylic acids is 1. The number of nitrogens with one attached hydrogen (secondary N) is 1. The fourth-order valence-electron chi connectivity index (χ4n) is 3.85. The highest BCUT2D eigenvalue weighted by Gasteiger charge is 2.39. The highest BCUT2D eigenvalue weighted by atomic mass is 79.9. The first-order valence-electron chi connectivity index (χ1n) is 9.59. The predicted molar refractivity (Wildman–Crippen MR) is 109 cm³/mol. The van der Waals surface area contributed by atoms with E-state index in [2.05, 4.69) is 57.3 Å². The van der Waals surface area contributed by atoms with Crippen molar-refractivity contribution in [2.75, 3.05) is 39.3 Å². The SMILES string of the molecule is CCNC(=NCC1(c2cccc(Br)c2)CCC1)N1CCN(C(C)=O)CC1. The largest absolute Gasteiger partial charge is 0.357 e. The van der Waals surface area contributed by atoms with Crippen molar-refractivity contribution < 1.29 is 4.79 Å². The molecule has 0 spiro atoms. The monoisotopic (exact) mass is 420 g/mol. The van der Waals surface area contributed by atoms with E-state index >= 15 is 0 Å². The normalized spacial score (nSPS) is 19.9. The van der Waals surface area contributed by atoms with Crippen LogP contribution in [0.3, 0.4) is 0 Å². The first kappa shape index (κ1) is 19.2. The minimum atomic E-state index is 0.162. The van der Waals surface area contributed by atoms with Gasteiger partial charge in [-0.25, -0.2) is 0 Å². The first-order valence-corrected chi connectivity index (χ1v) is 10.4. The molecule has 1 saturated carbocycles. The van der Waals surface area contributed by atoms with Crippen LogP contribution in [0.25, 0.3) is 0 Å². The third-order valence-electron chi connectivity index (χ3n) is 5.64. The maximum Gasteiger partial charge on any atom is 0.219 e. The van der Waals surface area contributed by atoms with E-state index in [1.165, 1.54) is 24.8 Å². The van der Waals surface area contributed by atoms with Gasteiger partial charge in [0.2, 0.25) is 5.91 Å². The van der Waals surface area contributed by atoms with Gasteiger partial charge < -0.3 is 15.1 Å². The van der Waals surface area contributed by atoms with Gasteiger partial charge in [0.05, 0.1) is 6.54 Å². The molecule has 1 aliphatic heterocycles. The second-order valence-electron chi connectivity index (χ2n) is 7.31. The van der Waals surface area contributed by atoms with Gasteiger partial charge in [-0.2, -0.15) is 0 Å². The Morgan fingerprint density at radius 3 is 2.46 bits per heavy atom. The molecule has 2 aliphatic rings. The van der Waals surface area contributed by atoms with Crippen LogP contribution in [0.2, 0.25) is 0 Å². The van der Waals surface area contributed by atoms with Gasteiger partial charge in [-0.05, 0) is 37.5 Å². The number of hydrogen-bond acceptors (Lipinski definition) is 2. The van der Waals surface area contributed by atoms with E-state index < -0.39 is 0 Å². The molecule has 3 rings (SSSR count). The highest BCUT2D eigenvalue weighted by Crippen LogP contribution is 2.44. The molecule has 5 nitrogen and oxygen atoms in total. The van der Waals surface area contributed by atoms with Crippen molar-refractivity contribution in [3.63, 3.8) is 0 Å². The molecule has 1 amide bonds. The summed E-state index contributed by atoms with van der Waals surface area (Å²) in [5.41, 5.74) is 1.56. The summed E-state index contributed by atoms with van der Waals surface area (Å²) in [6, 6.07) is 8.68. The van der Waals surface area contributed by atoms with Crippen molar-refractivity contribution in [2.24, 2.45) is 4.99 Å². The van der Waals surface area contributed by atoms with E-state index in [4.69, 9.17) is 4.99 Å². The molecule has 26 heavy (non-hydrogen) atoms. The Bertz CT molecular complexity index is 664. The summed E-state index contributed by atoms with van der Waals surface area (Å²) in [5.74, 6) is 1.15. The van der Waals surface area contributed by atoms with E-state index in [-0.39, 0.29) is 11.3 Å². The van der Waals surface area contributed by atoms with E-state index in [0.717, 1.165) is 49.7 Å². The molecule has 0 unspecified atom stereocenters. The van der Waals surface area contributed by atoms with Gasteiger partial charge in [0, 0.05) is 49.5 Å². The predicted octanol–water partition coefficient (Wildman–Crippen LogP) is 3.00. The lowest BCUT2D eigenvalue weighted by Gasteiger charge is -2.42. The van der Waals surface area contributed by atoms with Gasteiger partial charge in [-0.3, -0.25) is 9.79 Å². The van der Waals surface area contributed by atoms with Crippen LogP contribution in [0.5, 0.6) is 0 Å². The summed E-state index contributed by atoms with van der Waals surface area (Å²) in [4.78, 5) is 20.8. The summed E-state index contributed by atoms with van der Waals surface area (Å²) in [6.07, 6.45) is 3.67. The molecule has 0 aromatic heterocycles. The smallest absolute Gasteiger partial charge is 0.219 e. The zero-order valence-electron chi connectivity index (χ0n) is 15.8. The van der Waals surface area contributed by atoms with Crippen LogP contribution >= 0.6 is 15.9 Å². The van der Waals surface area contributed by atoms with Crippen LogP contribution in [0, 0.1) is 0 Å². The lowest BCUT2D eigenvalue weighted by Crippen LogP contribution is -2.53. The number of benzene rings is 1. The Kier molecular flexibility index (Phi) is 6.22. The summed E-state index contributed by atoms with van der Waals surface area (Å²) in [5, 5.41) is 3.44. The third-order valence-corrected chi connectivity index (χ3v) is 6.13. The second-order valence-corrected chi connectivity index (χ2v) is 8.22. The van der Waals surface area contributed by atoms with E-state index in [9.17, 15) is 4.79 Å². The Hall–Kier alpha value is -1.56. The van der Waals surface area contributed by atoms with Crippen molar-refractivity contribution in [1.29, 1.82) is 0 Å². The average molecular weight is 421 g/mol. The molecular formula is C20H29BrN4O. The molecule has 142 valence electrons. The van der Waals surface area contributed by atoms with Crippen LogP contribution in [0.15, 0.2) is 33.7 Å². The lowest BCUT2D eigenvalue weighted by molar-refractivity contribution is -0.130. The molecular weight excluding hydrogens is 392 g/mol. The minimum Gasteiger partial charge on any atom is -0.357 e. The molecule has 6 heteroatoms.